The number of carbonyl (C=O) groups excluding carboxylic acids is 1. The molecule has 0 spiro atoms. The molecule has 2 aliphatic carbocycles. The maximum atomic E-state index is 14.1. The molecule has 4 nitrogen and oxygen atoms in total. The Hall–Kier alpha value is -2.80. The predicted octanol–water partition coefficient (Wildman–Crippen LogP) is 5.04. The molecule has 0 saturated heterocycles. The summed E-state index contributed by atoms with van der Waals surface area (Å²) in [5, 5.41) is 3.21. The molecular weight excluding hydrogens is 393 g/mol. The number of ether oxygens (including phenoxy) is 1. The average molecular weight is 416 g/mol. The van der Waals surface area contributed by atoms with E-state index < -0.39 is 11.6 Å². The highest BCUT2D eigenvalue weighted by Gasteiger charge is 2.36. The number of halogens is 3. The molecule has 5 rings (SSSR count). The average Bonchev–Trinajstić information content (AvgIpc) is 3.34. The van der Waals surface area contributed by atoms with Crippen molar-refractivity contribution in [1.82, 2.24) is 10.3 Å². The number of aromatic amines is 1. The number of amides is 1. The van der Waals surface area contributed by atoms with Gasteiger partial charge in [0, 0.05) is 18.6 Å². The van der Waals surface area contributed by atoms with Crippen LogP contribution in [-0.2, 0) is 9.53 Å². The van der Waals surface area contributed by atoms with Crippen LogP contribution in [0.2, 0.25) is 0 Å². The van der Waals surface area contributed by atoms with Gasteiger partial charge in [0.25, 0.3) is 0 Å². The first-order valence-electron chi connectivity index (χ1n) is 10.0. The van der Waals surface area contributed by atoms with Gasteiger partial charge < -0.3 is 15.0 Å². The normalized spacial score (nSPS) is 20.3. The minimum atomic E-state index is -0.594. The van der Waals surface area contributed by atoms with Gasteiger partial charge in [-0.1, -0.05) is 6.42 Å². The minimum Gasteiger partial charge on any atom is -0.379 e. The highest BCUT2D eigenvalue weighted by atomic mass is 19.1. The van der Waals surface area contributed by atoms with Gasteiger partial charge in [-0.2, -0.15) is 0 Å². The second kappa shape index (κ2) is 8.52. The number of hydrogen-bond donors (Lipinski definition) is 2. The summed E-state index contributed by atoms with van der Waals surface area (Å²) < 4.78 is 45.7. The van der Waals surface area contributed by atoms with Gasteiger partial charge in [0.15, 0.2) is 0 Å². The molecule has 0 bridgehead atoms. The summed E-state index contributed by atoms with van der Waals surface area (Å²) >= 11 is 0. The van der Waals surface area contributed by atoms with Crippen LogP contribution in [-0.4, -0.2) is 30.6 Å². The zero-order chi connectivity index (χ0) is 21.3. The summed E-state index contributed by atoms with van der Waals surface area (Å²) in [5.41, 5.74) is 2.83. The molecule has 2 saturated carbocycles. The summed E-state index contributed by atoms with van der Waals surface area (Å²) in [7, 11) is 1.65. The Kier molecular flexibility index (Phi) is 5.81. The second-order valence-corrected chi connectivity index (χ2v) is 7.76. The molecule has 30 heavy (non-hydrogen) atoms. The molecule has 158 valence electrons. The Morgan fingerprint density at radius 1 is 1.10 bits per heavy atom. The summed E-state index contributed by atoms with van der Waals surface area (Å²) in [5.74, 6) is -1.18. The first-order valence-corrected chi connectivity index (χ1v) is 10.0. The summed E-state index contributed by atoms with van der Waals surface area (Å²) in [4.78, 5) is 12.8. The van der Waals surface area contributed by atoms with E-state index in [1.165, 1.54) is 18.2 Å². The van der Waals surface area contributed by atoms with E-state index in [-0.39, 0.29) is 18.0 Å². The van der Waals surface area contributed by atoms with Crippen molar-refractivity contribution in [1.29, 1.82) is 0 Å². The van der Waals surface area contributed by atoms with E-state index in [0.29, 0.717) is 23.2 Å². The summed E-state index contributed by atoms with van der Waals surface area (Å²) in [6, 6.07) is 8.64. The molecule has 1 amide bonds. The lowest BCUT2D eigenvalue weighted by molar-refractivity contribution is -0.109. The van der Waals surface area contributed by atoms with Crippen molar-refractivity contribution >= 4 is 17.3 Å². The number of fused-ring (bicyclic) bond motifs is 1. The molecule has 1 aromatic heterocycles. The van der Waals surface area contributed by atoms with E-state index in [0.717, 1.165) is 48.6 Å². The van der Waals surface area contributed by atoms with Gasteiger partial charge >= 0.3 is 0 Å². The predicted molar refractivity (Wildman–Crippen MR) is 109 cm³/mol. The lowest BCUT2D eigenvalue weighted by Gasteiger charge is -2.26. The number of methoxy groups -OCH3 is 1. The Labute approximate surface area is 172 Å². The minimum absolute atomic E-state index is 0.278. The van der Waals surface area contributed by atoms with E-state index in [4.69, 9.17) is 4.74 Å². The largest absolute Gasteiger partial charge is 0.379 e. The second-order valence-electron chi connectivity index (χ2n) is 7.76. The Bertz CT molecular complexity index is 1040. The number of hydrogen-bond acceptors (Lipinski definition) is 2. The molecule has 2 N–H and O–H groups in total. The number of H-pyrrole nitrogens is 1. The maximum Gasteiger partial charge on any atom is 0.207 e. The van der Waals surface area contributed by atoms with E-state index >= 15 is 0 Å². The molecule has 2 atom stereocenters. The van der Waals surface area contributed by atoms with Gasteiger partial charge in [-0.25, -0.2) is 13.2 Å². The number of aromatic nitrogens is 1. The van der Waals surface area contributed by atoms with Crippen molar-refractivity contribution < 1.29 is 22.7 Å². The van der Waals surface area contributed by atoms with Crippen molar-refractivity contribution in [2.24, 2.45) is 0 Å². The van der Waals surface area contributed by atoms with E-state index in [1.54, 1.807) is 19.2 Å². The van der Waals surface area contributed by atoms with E-state index in [1.807, 2.05) is 0 Å². The van der Waals surface area contributed by atoms with Crippen LogP contribution in [0, 0.1) is 17.5 Å². The van der Waals surface area contributed by atoms with Gasteiger partial charge in [0.2, 0.25) is 6.41 Å². The van der Waals surface area contributed by atoms with E-state index in [2.05, 4.69) is 10.3 Å². The number of nitrogens with one attached hydrogen (secondary N) is 2. The monoisotopic (exact) mass is 416 g/mol. The Morgan fingerprint density at radius 2 is 1.83 bits per heavy atom. The molecule has 0 radical (unpaired) electrons. The fraction of sp³-hybridized carbons (Fsp3) is 0.348. The topological polar surface area (TPSA) is 54.1 Å². The maximum absolute atomic E-state index is 14.1. The van der Waals surface area contributed by atoms with Crippen LogP contribution in [0.25, 0.3) is 22.2 Å². The fourth-order valence-electron chi connectivity index (χ4n) is 3.90. The van der Waals surface area contributed by atoms with Crippen LogP contribution < -0.4 is 5.32 Å². The van der Waals surface area contributed by atoms with Crippen LogP contribution in [0.15, 0.2) is 36.4 Å². The van der Waals surface area contributed by atoms with Crippen molar-refractivity contribution in [3.63, 3.8) is 0 Å². The highest BCUT2D eigenvalue weighted by Crippen LogP contribution is 2.45. The smallest absolute Gasteiger partial charge is 0.207 e. The quantitative estimate of drug-likeness (QED) is 0.573. The summed E-state index contributed by atoms with van der Waals surface area (Å²) in [6.07, 6.45) is 5.11. The van der Waals surface area contributed by atoms with Gasteiger partial charge in [0.1, 0.15) is 17.5 Å². The standard InChI is InChI=1S/C18H14F3N.C5H9NO2/c19-12-6-4-11(5-7-12)17-16(10-2-1-3-10)14-8-13(20)9-15(21)18(14)22-17;1-8-5-2-4(5)6-3-7/h4-10,22H,1-3H2;3-5H,2H2,1H3,(H,6,7). The summed E-state index contributed by atoms with van der Waals surface area (Å²) in [6.45, 7) is 0. The molecular formula is C23H23F3N2O2. The van der Waals surface area contributed by atoms with Crippen molar-refractivity contribution in [3.8, 4) is 11.3 Å². The van der Waals surface area contributed by atoms with Crippen LogP contribution in [0.1, 0.15) is 37.2 Å². The van der Waals surface area contributed by atoms with Crippen molar-refractivity contribution in [2.45, 2.75) is 43.7 Å². The number of rotatable bonds is 5. The molecule has 1 heterocycles. The molecule has 2 unspecified atom stereocenters. The van der Waals surface area contributed by atoms with Crippen LogP contribution >= 0.6 is 0 Å². The van der Waals surface area contributed by atoms with Gasteiger partial charge in [-0.05, 0) is 66.6 Å². The molecule has 3 aromatic rings. The molecule has 2 fully saturated rings. The van der Waals surface area contributed by atoms with E-state index in [9.17, 15) is 18.0 Å². The third-order valence-corrected chi connectivity index (χ3v) is 5.83. The number of benzene rings is 2. The third-order valence-electron chi connectivity index (χ3n) is 5.83. The van der Waals surface area contributed by atoms with Crippen LogP contribution in [0.3, 0.4) is 0 Å². The van der Waals surface area contributed by atoms with Gasteiger partial charge in [-0.3, -0.25) is 4.79 Å². The molecule has 2 aromatic carbocycles. The molecule has 0 aliphatic heterocycles. The van der Waals surface area contributed by atoms with Crippen LogP contribution in [0.5, 0.6) is 0 Å². The first-order chi connectivity index (χ1) is 14.5. The SMILES string of the molecule is COC1CC1NC=O.Fc1ccc(-c2[nH]c3c(F)cc(F)cc3c2C2CCC2)cc1. The molecule has 7 heteroatoms. The van der Waals surface area contributed by atoms with Gasteiger partial charge in [-0.15, -0.1) is 0 Å². The lowest BCUT2D eigenvalue weighted by Crippen LogP contribution is -2.17. The molecule has 2 aliphatic rings. The zero-order valence-electron chi connectivity index (χ0n) is 16.6. The van der Waals surface area contributed by atoms with Gasteiger partial charge in [0.05, 0.1) is 23.4 Å². The Balaban J connectivity index is 0.000000230. The number of carbonyl (C=O) groups is 1. The third kappa shape index (κ3) is 4.07. The highest BCUT2D eigenvalue weighted by molar-refractivity contribution is 5.92. The Morgan fingerprint density at radius 3 is 2.40 bits per heavy atom. The fourth-order valence-corrected chi connectivity index (χ4v) is 3.90. The zero-order valence-corrected chi connectivity index (χ0v) is 16.6. The van der Waals surface area contributed by atoms with Crippen molar-refractivity contribution in [2.75, 3.05) is 7.11 Å². The first kappa shape index (κ1) is 20.5. The van der Waals surface area contributed by atoms with Crippen molar-refractivity contribution in [3.05, 3.63) is 59.4 Å². The van der Waals surface area contributed by atoms with Crippen LogP contribution in [0.4, 0.5) is 13.2 Å². The lowest BCUT2D eigenvalue weighted by atomic mass is 9.78.